The minimum absolute atomic E-state index is 0.337. The van der Waals surface area contributed by atoms with Gasteiger partial charge >= 0.3 is 6.18 Å². The lowest BCUT2D eigenvalue weighted by Gasteiger charge is -2.33. The number of hydrogen-bond donors (Lipinski definition) is 1. The SMILES string of the molecule is FC(F)(F)c1ccc2c(N3CCC(c4ncn[nH]4)CC3)ccnc2c1. The molecule has 0 aliphatic carbocycles. The van der Waals surface area contributed by atoms with Gasteiger partial charge in [-0.3, -0.25) is 10.1 Å². The third-order valence-corrected chi connectivity index (χ3v) is 4.70. The van der Waals surface area contributed by atoms with Crippen molar-refractivity contribution in [2.45, 2.75) is 24.9 Å². The first-order valence-corrected chi connectivity index (χ1v) is 8.08. The highest BCUT2D eigenvalue weighted by atomic mass is 19.4. The van der Waals surface area contributed by atoms with Gasteiger partial charge in [-0.2, -0.15) is 18.3 Å². The molecule has 0 radical (unpaired) electrons. The van der Waals surface area contributed by atoms with Gasteiger partial charge in [-0.1, -0.05) is 6.07 Å². The van der Waals surface area contributed by atoms with E-state index in [4.69, 9.17) is 0 Å². The third kappa shape index (κ3) is 3.04. The maximum Gasteiger partial charge on any atom is 0.416 e. The smallest absolute Gasteiger partial charge is 0.371 e. The fourth-order valence-corrected chi connectivity index (χ4v) is 3.39. The lowest BCUT2D eigenvalue weighted by Crippen LogP contribution is -2.33. The normalized spacial score (nSPS) is 16.5. The summed E-state index contributed by atoms with van der Waals surface area (Å²) >= 11 is 0. The fraction of sp³-hybridized carbons (Fsp3) is 0.353. The van der Waals surface area contributed by atoms with Crippen LogP contribution in [-0.2, 0) is 6.18 Å². The first-order valence-electron chi connectivity index (χ1n) is 8.08. The molecule has 1 fully saturated rings. The van der Waals surface area contributed by atoms with Crippen molar-refractivity contribution in [1.82, 2.24) is 20.2 Å². The zero-order valence-electron chi connectivity index (χ0n) is 13.3. The molecule has 3 heterocycles. The molecular weight excluding hydrogens is 331 g/mol. The summed E-state index contributed by atoms with van der Waals surface area (Å²) in [6.07, 6.45) is 0.553. The second kappa shape index (κ2) is 6.02. The Kier molecular flexibility index (Phi) is 3.82. The van der Waals surface area contributed by atoms with Gasteiger partial charge in [-0.15, -0.1) is 0 Å². The second-order valence-corrected chi connectivity index (χ2v) is 6.19. The number of nitrogens with zero attached hydrogens (tertiary/aromatic N) is 4. The minimum Gasteiger partial charge on any atom is -0.371 e. The van der Waals surface area contributed by atoms with Gasteiger partial charge < -0.3 is 4.90 Å². The van der Waals surface area contributed by atoms with Crippen LogP contribution in [0.5, 0.6) is 0 Å². The summed E-state index contributed by atoms with van der Waals surface area (Å²) in [5, 5.41) is 7.55. The van der Waals surface area contributed by atoms with Crippen LogP contribution in [0.1, 0.15) is 30.1 Å². The number of anilines is 1. The summed E-state index contributed by atoms with van der Waals surface area (Å²) in [5.74, 6) is 1.23. The number of benzene rings is 1. The van der Waals surface area contributed by atoms with Crippen molar-refractivity contribution >= 4 is 16.6 Å². The molecule has 25 heavy (non-hydrogen) atoms. The van der Waals surface area contributed by atoms with E-state index in [0.717, 1.165) is 55.0 Å². The molecule has 0 saturated carbocycles. The molecule has 1 N–H and O–H groups in total. The van der Waals surface area contributed by atoms with E-state index in [1.807, 2.05) is 6.07 Å². The maximum absolute atomic E-state index is 12.9. The number of nitrogens with one attached hydrogen (secondary N) is 1. The minimum atomic E-state index is -4.36. The number of hydrogen-bond acceptors (Lipinski definition) is 4. The molecule has 130 valence electrons. The largest absolute Gasteiger partial charge is 0.416 e. The Morgan fingerprint density at radius 1 is 1.08 bits per heavy atom. The lowest BCUT2D eigenvalue weighted by atomic mass is 9.95. The van der Waals surface area contributed by atoms with Crippen molar-refractivity contribution in [2.24, 2.45) is 0 Å². The molecule has 3 aromatic rings. The number of rotatable bonds is 2. The number of H-pyrrole nitrogens is 1. The molecule has 5 nitrogen and oxygen atoms in total. The third-order valence-electron chi connectivity index (χ3n) is 4.70. The number of aromatic amines is 1. The Labute approximate surface area is 141 Å². The number of fused-ring (bicyclic) bond motifs is 1. The van der Waals surface area contributed by atoms with Gasteiger partial charge in [-0.05, 0) is 31.0 Å². The van der Waals surface area contributed by atoms with E-state index >= 15 is 0 Å². The summed E-state index contributed by atoms with van der Waals surface area (Å²) in [6.45, 7) is 1.62. The van der Waals surface area contributed by atoms with E-state index in [1.165, 1.54) is 12.4 Å². The Bertz CT molecular complexity index is 868. The van der Waals surface area contributed by atoms with Crippen LogP contribution < -0.4 is 4.90 Å². The van der Waals surface area contributed by atoms with Crippen LogP contribution in [-0.4, -0.2) is 33.3 Å². The Balaban J connectivity index is 1.60. The van der Waals surface area contributed by atoms with E-state index in [9.17, 15) is 13.2 Å². The Morgan fingerprint density at radius 2 is 1.88 bits per heavy atom. The summed E-state index contributed by atoms with van der Waals surface area (Å²) in [4.78, 5) is 10.5. The van der Waals surface area contributed by atoms with Crippen LogP contribution in [0.3, 0.4) is 0 Å². The van der Waals surface area contributed by atoms with Crippen molar-refractivity contribution in [1.29, 1.82) is 0 Å². The topological polar surface area (TPSA) is 57.7 Å². The summed E-state index contributed by atoms with van der Waals surface area (Å²) < 4.78 is 38.7. The average molecular weight is 347 g/mol. The van der Waals surface area contributed by atoms with Crippen molar-refractivity contribution in [2.75, 3.05) is 18.0 Å². The molecule has 0 amide bonds. The molecule has 1 aliphatic rings. The van der Waals surface area contributed by atoms with Crippen molar-refractivity contribution < 1.29 is 13.2 Å². The zero-order chi connectivity index (χ0) is 17.4. The van der Waals surface area contributed by atoms with Crippen LogP contribution in [0.2, 0.25) is 0 Å². The summed E-state index contributed by atoms with van der Waals surface area (Å²) in [6, 6.07) is 5.61. The number of piperidine rings is 1. The van der Waals surface area contributed by atoms with Crippen LogP contribution in [0, 0.1) is 0 Å². The number of halogens is 3. The predicted molar refractivity (Wildman–Crippen MR) is 87.3 cm³/mol. The second-order valence-electron chi connectivity index (χ2n) is 6.19. The predicted octanol–water partition coefficient (Wildman–Crippen LogP) is 3.76. The molecule has 2 aromatic heterocycles. The molecule has 0 unspecified atom stereocenters. The van der Waals surface area contributed by atoms with E-state index in [2.05, 4.69) is 25.1 Å². The van der Waals surface area contributed by atoms with Gasteiger partial charge in [0.2, 0.25) is 0 Å². The van der Waals surface area contributed by atoms with Gasteiger partial charge in [0.1, 0.15) is 12.2 Å². The standard InChI is InChI=1S/C17H16F3N5/c18-17(19,20)12-1-2-13-14(9-12)21-6-3-15(13)25-7-4-11(5-8-25)16-22-10-23-24-16/h1-3,6,9-11H,4-5,7-8H2,(H,22,23,24). The average Bonchev–Trinajstić information content (AvgIpc) is 3.15. The maximum atomic E-state index is 12.9. The van der Waals surface area contributed by atoms with E-state index in [-0.39, 0.29) is 0 Å². The van der Waals surface area contributed by atoms with Crippen molar-refractivity contribution in [3.05, 3.63) is 48.2 Å². The fourth-order valence-electron chi connectivity index (χ4n) is 3.39. The number of aromatic nitrogens is 4. The van der Waals surface area contributed by atoms with Crippen LogP contribution >= 0.6 is 0 Å². The molecule has 1 aromatic carbocycles. The highest BCUT2D eigenvalue weighted by Gasteiger charge is 2.31. The summed E-state index contributed by atoms with van der Waals surface area (Å²) in [7, 11) is 0. The highest BCUT2D eigenvalue weighted by molar-refractivity contribution is 5.92. The van der Waals surface area contributed by atoms with Crippen LogP contribution in [0.25, 0.3) is 10.9 Å². The van der Waals surface area contributed by atoms with Gasteiger partial charge in [-0.25, -0.2) is 4.98 Å². The van der Waals surface area contributed by atoms with Gasteiger partial charge in [0, 0.05) is 36.3 Å². The Morgan fingerprint density at radius 3 is 2.56 bits per heavy atom. The molecule has 1 aliphatic heterocycles. The van der Waals surface area contributed by atoms with E-state index in [0.29, 0.717) is 11.4 Å². The zero-order valence-corrected chi connectivity index (χ0v) is 13.3. The van der Waals surface area contributed by atoms with Gasteiger partial charge in [0.25, 0.3) is 0 Å². The van der Waals surface area contributed by atoms with Crippen molar-refractivity contribution in [3.63, 3.8) is 0 Å². The van der Waals surface area contributed by atoms with E-state index in [1.54, 1.807) is 6.20 Å². The summed E-state index contributed by atoms with van der Waals surface area (Å²) in [5.41, 5.74) is 0.619. The monoisotopic (exact) mass is 347 g/mol. The molecule has 0 bridgehead atoms. The molecule has 0 atom stereocenters. The van der Waals surface area contributed by atoms with Gasteiger partial charge in [0.05, 0.1) is 11.1 Å². The highest BCUT2D eigenvalue weighted by Crippen LogP contribution is 2.35. The quantitative estimate of drug-likeness (QED) is 0.767. The molecule has 4 rings (SSSR count). The molecule has 1 saturated heterocycles. The molecular formula is C17H16F3N5. The number of alkyl halides is 3. The molecule has 8 heteroatoms. The van der Waals surface area contributed by atoms with Crippen molar-refractivity contribution in [3.8, 4) is 0 Å². The molecule has 0 spiro atoms. The first-order chi connectivity index (χ1) is 12.0. The Hall–Kier alpha value is -2.64. The lowest BCUT2D eigenvalue weighted by molar-refractivity contribution is -0.137. The van der Waals surface area contributed by atoms with Crippen LogP contribution in [0.15, 0.2) is 36.8 Å². The van der Waals surface area contributed by atoms with E-state index < -0.39 is 11.7 Å². The van der Waals surface area contributed by atoms with Crippen LogP contribution in [0.4, 0.5) is 18.9 Å². The van der Waals surface area contributed by atoms with Gasteiger partial charge in [0.15, 0.2) is 0 Å². The number of pyridine rings is 1. The first kappa shape index (κ1) is 15.9.